The third-order valence-electron chi connectivity index (χ3n) is 2.69. The molecule has 2 rings (SSSR count). The van der Waals surface area contributed by atoms with Gasteiger partial charge in [-0.05, 0) is 23.6 Å². The molecule has 0 heterocycles. The van der Waals surface area contributed by atoms with Crippen molar-refractivity contribution in [2.45, 2.75) is 9.79 Å². The maximum absolute atomic E-state index is 11.1. The number of phenolic OH excluding ortho intramolecular Hbond substituents is 3. The molecule has 5 N–H and O–H groups in total. The Hall–Kier alpha value is -2.08. The number of hydrogen-bond acceptors (Lipinski definition) is 7. The topological polar surface area (TPSA) is 169 Å². The first-order chi connectivity index (χ1) is 9.43. The molecular weight excluding hydrogens is 328 g/mol. The van der Waals surface area contributed by atoms with Gasteiger partial charge in [0.2, 0.25) is 0 Å². The SMILES string of the molecule is O=S(=O)(O)c1cc2cc(S(=O)(=O)O)c(O)c(O)c2cc1O. The van der Waals surface area contributed by atoms with E-state index in [1.165, 1.54) is 0 Å². The van der Waals surface area contributed by atoms with Crippen LogP contribution >= 0.6 is 0 Å². The summed E-state index contributed by atoms with van der Waals surface area (Å²) in [6.45, 7) is 0. The van der Waals surface area contributed by atoms with Gasteiger partial charge in [0.15, 0.2) is 11.5 Å². The Morgan fingerprint density at radius 1 is 0.714 bits per heavy atom. The average Bonchev–Trinajstić information content (AvgIpc) is 2.31. The molecule has 0 aromatic heterocycles. The van der Waals surface area contributed by atoms with Crippen molar-refractivity contribution in [1.82, 2.24) is 0 Å². The minimum absolute atomic E-state index is 0.261. The average molecular weight is 336 g/mol. The summed E-state index contributed by atoms with van der Waals surface area (Å²) >= 11 is 0. The number of phenols is 3. The van der Waals surface area contributed by atoms with Crippen molar-refractivity contribution in [2.24, 2.45) is 0 Å². The highest BCUT2D eigenvalue weighted by atomic mass is 32.2. The number of fused-ring (bicyclic) bond motifs is 1. The molecule has 21 heavy (non-hydrogen) atoms. The van der Waals surface area contributed by atoms with Crippen molar-refractivity contribution < 1.29 is 41.3 Å². The molecule has 2 aromatic rings. The van der Waals surface area contributed by atoms with E-state index in [1.807, 2.05) is 0 Å². The van der Waals surface area contributed by atoms with E-state index in [1.54, 1.807) is 0 Å². The van der Waals surface area contributed by atoms with Gasteiger partial charge < -0.3 is 15.3 Å². The van der Waals surface area contributed by atoms with Gasteiger partial charge in [0.25, 0.3) is 20.2 Å². The van der Waals surface area contributed by atoms with Crippen LogP contribution in [0.5, 0.6) is 17.2 Å². The number of benzene rings is 2. The molecule has 11 heteroatoms. The van der Waals surface area contributed by atoms with Gasteiger partial charge in [0.1, 0.15) is 15.5 Å². The second kappa shape index (κ2) is 4.46. The van der Waals surface area contributed by atoms with Gasteiger partial charge in [0, 0.05) is 5.39 Å². The van der Waals surface area contributed by atoms with Crippen molar-refractivity contribution in [3.63, 3.8) is 0 Å². The van der Waals surface area contributed by atoms with E-state index in [0.29, 0.717) is 18.2 Å². The lowest BCUT2D eigenvalue weighted by molar-refractivity contribution is 0.393. The fourth-order valence-electron chi connectivity index (χ4n) is 1.77. The first-order valence-corrected chi connectivity index (χ1v) is 7.97. The van der Waals surface area contributed by atoms with Gasteiger partial charge in [-0.3, -0.25) is 9.11 Å². The van der Waals surface area contributed by atoms with Crippen LogP contribution in [0.25, 0.3) is 10.8 Å². The lowest BCUT2D eigenvalue weighted by atomic mass is 10.1. The zero-order chi connectivity index (χ0) is 16.2. The van der Waals surface area contributed by atoms with E-state index >= 15 is 0 Å². The standard InChI is InChI=1S/C10H8O9S2/c11-6-3-5-4(1-7(6)20(14,15)16)2-8(21(17,18)19)10(13)9(5)12/h1-3,11-13H,(H,14,15,16)(H,17,18,19). The Morgan fingerprint density at radius 2 is 1.19 bits per heavy atom. The quantitative estimate of drug-likeness (QED) is 0.386. The van der Waals surface area contributed by atoms with Crippen LogP contribution < -0.4 is 0 Å². The molecule has 0 atom stereocenters. The Balaban J connectivity index is 3.01. The summed E-state index contributed by atoms with van der Waals surface area (Å²) < 4.78 is 62.1. The normalized spacial score (nSPS) is 12.7. The van der Waals surface area contributed by atoms with Crippen LogP contribution in [-0.2, 0) is 20.2 Å². The minimum atomic E-state index is -4.89. The molecule has 0 spiro atoms. The highest BCUT2D eigenvalue weighted by Crippen LogP contribution is 2.42. The van der Waals surface area contributed by atoms with Crippen LogP contribution in [0, 0.1) is 0 Å². The molecule has 9 nitrogen and oxygen atoms in total. The molecule has 2 aromatic carbocycles. The van der Waals surface area contributed by atoms with Gasteiger partial charge in [-0.25, -0.2) is 0 Å². The second-order valence-corrected chi connectivity index (χ2v) is 6.84. The van der Waals surface area contributed by atoms with Crippen LogP contribution in [0.3, 0.4) is 0 Å². The molecule has 0 bridgehead atoms. The van der Waals surface area contributed by atoms with Crippen molar-refractivity contribution in [3.8, 4) is 17.2 Å². The Morgan fingerprint density at radius 3 is 1.67 bits per heavy atom. The smallest absolute Gasteiger partial charge is 0.298 e. The summed E-state index contributed by atoms with van der Waals surface area (Å²) in [4.78, 5) is -1.99. The maximum Gasteiger partial charge on any atom is 0.298 e. The van der Waals surface area contributed by atoms with E-state index < -0.39 is 47.3 Å². The van der Waals surface area contributed by atoms with Gasteiger partial charge in [-0.1, -0.05) is 0 Å². The molecular formula is C10H8O9S2. The third-order valence-corrected chi connectivity index (χ3v) is 4.44. The van der Waals surface area contributed by atoms with E-state index in [-0.39, 0.29) is 10.8 Å². The Kier molecular flexibility index (Phi) is 3.25. The molecule has 0 aliphatic heterocycles. The fourth-order valence-corrected chi connectivity index (χ4v) is 2.98. The molecule has 0 fully saturated rings. The van der Waals surface area contributed by atoms with Crippen LogP contribution in [0.1, 0.15) is 0 Å². The molecule has 0 amide bonds. The second-order valence-electron chi connectivity index (χ2n) is 4.06. The highest BCUT2D eigenvalue weighted by molar-refractivity contribution is 7.86. The maximum atomic E-state index is 11.1. The zero-order valence-electron chi connectivity index (χ0n) is 9.92. The van der Waals surface area contributed by atoms with E-state index in [4.69, 9.17) is 9.11 Å². The van der Waals surface area contributed by atoms with Crippen molar-refractivity contribution in [1.29, 1.82) is 0 Å². The fraction of sp³-hybridized carbons (Fsp3) is 0. The molecule has 114 valence electrons. The molecule has 0 saturated carbocycles. The van der Waals surface area contributed by atoms with Crippen molar-refractivity contribution in [3.05, 3.63) is 18.2 Å². The predicted octanol–water partition coefficient (Wildman–Crippen LogP) is 0.450. The summed E-state index contributed by atoms with van der Waals surface area (Å²) in [6.07, 6.45) is 0. The summed E-state index contributed by atoms with van der Waals surface area (Å²) in [7, 11) is -9.69. The van der Waals surface area contributed by atoms with Crippen LogP contribution in [0.2, 0.25) is 0 Å². The Labute approximate surface area is 118 Å². The van der Waals surface area contributed by atoms with Crippen molar-refractivity contribution in [2.75, 3.05) is 0 Å². The van der Waals surface area contributed by atoms with E-state index in [0.717, 1.165) is 0 Å². The summed E-state index contributed by atoms with van der Waals surface area (Å²) in [6, 6.07) is 2.06. The van der Waals surface area contributed by atoms with Gasteiger partial charge in [-0.2, -0.15) is 16.8 Å². The summed E-state index contributed by atoms with van der Waals surface area (Å²) in [5.74, 6) is -3.07. The van der Waals surface area contributed by atoms with Crippen molar-refractivity contribution >= 4 is 31.0 Å². The van der Waals surface area contributed by atoms with Gasteiger partial charge >= 0.3 is 0 Å². The molecule has 0 aliphatic carbocycles. The predicted molar refractivity (Wildman–Crippen MR) is 68.6 cm³/mol. The zero-order valence-corrected chi connectivity index (χ0v) is 11.6. The molecule has 0 radical (unpaired) electrons. The van der Waals surface area contributed by atoms with Crippen LogP contribution in [-0.4, -0.2) is 41.3 Å². The third kappa shape index (κ3) is 2.58. The summed E-state index contributed by atoms with van der Waals surface area (Å²) in [5, 5.41) is 28.1. The summed E-state index contributed by atoms with van der Waals surface area (Å²) in [5.41, 5.74) is 0. The first kappa shape index (κ1) is 15.3. The number of hydrogen-bond donors (Lipinski definition) is 5. The molecule has 0 saturated heterocycles. The monoisotopic (exact) mass is 336 g/mol. The minimum Gasteiger partial charge on any atom is -0.506 e. The highest BCUT2D eigenvalue weighted by Gasteiger charge is 2.24. The number of aromatic hydroxyl groups is 3. The van der Waals surface area contributed by atoms with Gasteiger partial charge in [0.05, 0.1) is 0 Å². The first-order valence-electron chi connectivity index (χ1n) is 5.09. The van der Waals surface area contributed by atoms with Crippen LogP contribution in [0.4, 0.5) is 0 Å². The lowest BCUT2D eigenvalue weighted by Gasteiger charge is -2.10. The van der Waals surface area contributed by atoms with Crippen LogP contribution in [0.15, 0.2) is 28.0 Å². The number of rotatable bonds is 2. The van der Waals surface area contributed by atoms with E-state index in [9.17, 15) is 32.2 Å². The molecule has 0 unspecified atom stereocenters. The lowest BCUT2D eigenvalue weighted by Crippen LogP contribution is -2.01. The van der Waals surface area contributed by atoms with E-state index in [2.05, 4.69) is 0 Å². The van der Waals surface area contributed by atoms with Gasteiger partial charge in [-0.15, -0.1) is 0 Å². The largest absolute Gasteiger partial charge is 0.506 e. The Bertz CT molecular complexity index is 953. The molecule has 0 aliphatic rings.